The van der Waals surface area contributed by atoms with Crippen LogP contribution in [0, 0.1) is 5.92 Å². The summed E-state index contributed by atoms with van der Waals surface area (Å²) in [5.74, 6) is 3.50. The second kappa shape index (κ2) is 6.42. The van der Waals surface area contributed by atoms with Gasteiger partial charge in [0.25, 0.3) is 0 Å². The highest BCUT2D eigenvalue weighted by Crippen LogP contribution is 2.16. The summed E-state index contributed by atoms with van der Waals surface area (Å²) in [6.45, 7) is 7.59. The molecule has 0 spiro atoms. The first-order valence-corrected chi connectivity index (χ1v) is 6.33. The molecule has 0 saturated heterocycles. The fourth-order valence-corrected chi connectivity index (χ4v) is 1.53. The van der Waals surface area contributed by atoms with E-state index in [9.17, 15) is 0 Å². The van der Waals surface area contributed by atoms with Crippen molar-refractivity contribution >= 4 is 11.6 Å². The van der Waals surface area contributed by atoms with E-state index in [1.54, 1.807) is 0 Å². The molecular weight excluding hydrogens is 212 g/mol. The highest BCUT2D eigenvalue weighted by molar-refractivity contribution is 5.48. The van der Waals surface area contributed by atoms with Crippen LogP contribution in [-0.4, -0.2) is 30.6 Å². The van der Waals surface area contributed by atoms with Gasteiger partial charge < -0.3 is 10.2 Å². The number of nitrogens with one attached hydrogen (secondary N) is 1. The number of aromatic nitrogens is 2. The van der Waals surface area contributed by atoms with E-state index in [4.69, 9.17) is 0 Å². The van der Waals surface area contributed by atoms with Crippen LogP contribution in [0.5, 0.6) is 0 Å². The third-order valence-corrected chi connectivity index (χ3v) is 2.76. The molecular formula is C13H24N4. The van der Waals surface area contributed by atoms with Gasteiger partial charge in [-0.15, -0.1) is 0 Å². The van der Waals surface area contributed by atoms with Crippen LogP contribution in [-0.2, 0) is 6.42 Å². The normalized spacial score (nSPS) is 10.7. The Morgan fingerprint density at radius 2 is 2.06 bits per heavy atom. The van der Waals surface area contributed by atoms with Crippen molar-refractivity contribution in [2.24, 2.45) is 5.92 Å². The molecule has 0 amide bonds. The lowest BCUT2D eigenvalue weighted by molar-refractivity contribution is 0.583. The van der Waals surface area contributed by atoms with Crippen LogP contribution in [0.25, 0.3) is 0 Å². The van der Waals surface area contributed by atoms with Crippen molar-refractivity contribution in [1.82, 2.24) is 9.97 Å². The maximum Gasteiger partial charge on any atom is 0.134 e. The van der Waals surface area contributed by atoms with Crippen molar-refractivity contribution < 1.29 is 0 Å². The van der Waals surface area contributed by atoms with Gasteiger partial charge in [-0.05, 0) is 12.3 Å². The maximum absolute atomic E-state index is 4.55. The zero-order valence-corrected chi connectivity index (χ0v) is 11.6. The fraction of sp³-hybridized carbons (Fsp3) is 0.692. The van der Waals surface area contributed by atoms with E-state index in [1.165, 1.54) is 6.42 Å². The Balaban J connectivity index is 2.80. The molecule has 1 heterocycles. The zero-order valence-electron chi connectivity index (χ0n) is 11.6. The molecule has 0 fully saturated rings. The lowest BCUT2D eigenvalue weighted by Gasteiger charge is -2.20. The summed E-state index contributed by atoms with van der Waals surface area (Å²) >= 11 is 0. The molecule has 0 unspecified atom stereocenters. The van der Waals surface area contributed by atoms with Crippen molar-refractivity contribution in [3.8, 4) is 0 Å². The van der Waals surface area contributed by atoms with E-state index in [1.807, 2.05) is 13.1 Å². The van der Waals surface area contributed by atoms with E-state index in [0.29, 0.717) is 5.92 Å². The first-order chi connectivity index (χ1) is 8.06. The monoisotopic (exact) mass is 236 g/mol. The van der Waals surface area contributed by atoms with Crippen LogP contribution in [0.3, 0.4) is 0 Å². The summed E-state index contributed by atoms with van der Waals surface area (Å²) in [7, 11) is 3.98. The van der Waals surface area contributed by atoms with Crippen molar-refractivity contribution in [1.29, 1.82) is 0 Å². The second-order valence-corrected chi connectivity index (χ2v) is 4.74. The molecule has 0 aliphatic heterocycles. The van der Waals surface area contributed by atoms with Crippen LogP contribution < -0.4 is 10.2 Å². The number of aryl methyl sites for hydroxylation is 1. The molecule has 0 atom stereocenters. The van der Waals surface area contributed by atoms with Crippen LogP contribution >= 0.6 is 0 Å². The van der Waals surface area contributed by atoms with Gasteiger partial charge in [0, 0.05) is 33.1 Å². The van der Waals surface area contributed by atoms with E-state index in [0.717, 1.165) is 30.4 Å². The minimum Gasteiger partial charge on any atom is -0.373 e. The van der Waals surface area contributed by atoms with Gasteiger partial charge in [0.05, 0.1) is 0 Å². The van der Waals surface area contributed by atoms with Gasteiger partial charge in [-0.3, -0.25) is 0 Å². The Kier molecular flexibility index (Phi) is 5.19. The summed E-state index contributed by atoms with van der Waals surface area (Å²) in [5.41, 5.74) is 0. The molecule has 0 radical (unpaired) electrons. The predicted octanol–water partition coefficient (Wildman–Crippen LogP) is 2.56. The highest BCUT2D eigenvalue weighted by Gasteiger charge is 2.07. The van der Waals surface area contributed by atoms with Gasteiger partial charge in [-0.1, -0.05) is 20.8 Å². The van der Waals surface area contributed by atoms with Gasteiger partial charge in [0.2, 0.25) is 0 Å². The largest absolute Gasteiger partial charge is 0.373 e. The number of hydrogen-bond donors (Lipinski definition) is 1. The molecule has 0 aliphatic rings. The minimum absolute atomic E-state index is 0.716. The molecule has 1 aromatic heterocycles. The Morgan fingerprint density at radius 3 is 2.59 bits per heavy atom. The molecule has 0 aliphatic carbocycles. The van der Waals surface area contributed by atoms with Crippen molar-refractivity contribution in [3.05, 3.63) is 11.9 Å². The van der Waals surface area contributed by atoms with Crippen molar-refractivity contribution in [2.45, 2.75) is 33.6 Å². The molecule has 4 nitrogen and oxygen atoms in total. The summed E-state index contributed by atoms with van der Waals surface area (Å²) < 4.78 is 0. The third-order valence-electron chi connectivity index (χ3n) is 2.76. The van der Waals surface area contributed by atoms with E-state index < -0.39 is 0 Å². The van der Waals surface area contributed by atoms with Crippen LogP contribution in [0.1, 0.15) is 33.0 Å². The Labute approximate surface area is 104 Å². The first-order valence-electron chi connectivity index (χ1n) is 6.33. The quantitative estimate of drug-likeness (QED) is 0.824. The Morgan fingerprint density at radius 1 is 1.35 bits per heavy atom. The molecule has 96 valence electrons. The van der Waals surface area contributed by atoms with E-state index in [-0.39, 0.29) is 0 Å². The SMILES string of the molecule is CCc1nc(NC)cc(N(C)CCC(C)C)n1. The van der Waals surface area contributed by atoms with E-state index in [2.05, 4.69) is 48.0 Å². The lowest BCUT2D eigenvalue weighted by Crippen LogP contribution is -2.22. The fourth-order valence-electron chi connectivity index (χ4n) is 1.53. The predicted molar refractivity (Wildman–Crippen MR) is 73.7 cm³/mol. The van der Waals surface area contributed by atoms with Crippen LogP contribution in [0.4, 0.5) is 11.6 Å². The second-order valence-electron chi connectivity index (χ2n) is 4.74. The summed E-state index contributed by atoms with van der Waals surface area (Å²) in [5, 5.41) is 3.08. The average Bonchev–Trinajstić information content (AvgIpc) is 2.34. The average molecular weight is 236 g/mol. The molecule has 1 rings (SSSR count). The summed E-state index contributed by atoms with van der Waals surface area (Å²) in [4.78, 5) is 11.1. The number of nitrogens with zero attached hydrogens (tertiary/aromatic N) is 3. The number of anilines is 2. The Hall–Kier alpha value is -1.32. The number of hydrogen-bond acceptors (Lipinski definition) is 4. The molecule has 17 heavy (non-hydrogen) atoms. The van der Waals surface area contributed by atoms with Gasteiger partial charge in [-0.2, -0.15) is 0 Å². The van der Waals surface area contributed by atoms with Gasteiger partial charge in [-0.25, -0.2) is 9.97 Å². The first kappa shape index (κ1) is 13.7. The molecule has 0 aromatic carbocycles. The minimum atomic E-state index is 0.716. The lowest BCUT2D eigenvalue weighted by atomic mass is 10.1. The molecule has 0 bridgehead atoms. The summed E-state index contributed by atoms with van der Waals surface area (Å²) in [6.07, 6.45) is 2.04. The maximum atomic E-state index is 4.55. The number of rotatable bonds is 6. The van der Waals surface area contributed by atoms with Crippen molar-refractivity contribution in [3.63, 3.8) is 0 Å². The third kappa shape index (κ3) is 4.21. The molecule has 1 aromatic rings. The molecule has 4 heteroatoms. The smallest absolute Gasteiger partial charge is 0.134 e. The Bertz CT molecular complexity index is 327. The standard InChI is InChI=1S/C13H24N4/c1-6-11-15-12(14-4)9-13(16-11)17(5)8-7-10(2)3/h9-10H,6-8H2,1-5H3,(H,14,15,16). The van der Waals surface area contributed by atoms with Crippen molar-refractivity contribution in [2.75, 3.05) is 30.9 Å². The van der Waals surface area contributed by atoms with Crippen LogP contribution in [0.15, 0.2) is 6.07 Å². The van der Waals surface area contributed by atoms with Gasteiger partial charge in [0.15, 0.2) is 0 Å². The highest BCUT2D eigenvalue weighted by atomic mass is 15.2. The van der Waals surface area contributed by atoms with Gasteiger partial charge >= 0.3 is 0 Å². The van der Waals surface area contributed by atoms with E-state index >= 15 is 0 Å². The van der Waals surface area contributed by atoms with Gasteiger partial charge in [0.1, 0.15) is 17.5 Å². The topological polar surface area (TPSA) is 41.1 Å². The zero-order chi connectivity index (χ0) is 12.8. The molecule has 1 N–H and O–H groups in total. The molecule has 0 saturated carbocycles. The summed E-state index contributed by atoms with van der Waals surface area (Å²) in [6, 6.07) is 2.00. The van der Waals surface area contributed by atoms with Crippen LogP contribution in [0.2, 0.25) is 0 Å².